The Kier molecular flexibility index (Phi) is 4.49. The zero-order chi connectivity index (χ0) is 14.0. The van der Waals surface area contributed by atoms with E-state index in [9.17, 15) is 4.79 Å². The van der Waals surface area contributed by atoms with E-state index in [1.807, 2.05) is 20.8 Å². The van der Waals surface area contributed by atoms with E-state index in [-0.39, 0.29) is 16.9 Å². The minimum absolute atomic E-state index is 0.0668. The lowest BCUT2D eigenvalue weighted by Gasteiger charge is -2.43. The van der Waals surface area contributed by atoms with Crippen molar-refractivity contribution in [2.75, 3.05) is 6.61 Å². The second-order valence-electron chi connectivity index (χ2n) is 6.81. The Bertz CT molecular complexity index is 300. The third-order valence-corrected chi connectivity index (χ3v) is 5.48. The lowest BCUT2D eigenvalue weighted by Crippen LogP contribution is -2.60. The Labute approximate surface area is 113 Å². The smallest absolute Gasteiger partial charge is 0.407 e. The first-order valence-corrected chi connectivity index (χ1v) is 8.85. The van der Waals surface area contributed by atoms with Crippen LogP contribution in [0, 0.1) is 0 Å². The number of hydrogen-bond acceptors (Lipinski definition) is 3. The van der Waals surface area contributed by atoms with Gasteiger partial charge in [0.1, 0.15) is 5.60 Å². The molecule has 1 amide bonds. The maximum absolute atomic E-state index is 11.9. The summed E-state index contributed by atoms with van der Waals surface area (Å²) in [6, 6.07) is 0. The van der Waals surface area contributed by atoms with Gasteiger partial charge in [-0.15, -0.1) is 0 Å². The molecule has 0 unspecified atom stereocenters. The van der Waals surface area contributed by atoms with E-state index in [0.29, 0.717) is 6.61 Å². The van der Waals surface area contributed by atoms with E-state index in [4.69, 9.17) is 9.47 Å². The Balaban J connectivity index is 2.60. The molecule has 0 spiro atoms. The number of nitrogens with one attached hydrogen (secondary N) is 1. The topological polar surface area (TPSA) is 47.6 Å². The molecule has 1 heterocycles. The summed E-state index contributed by atoms with van der Waals surface area (Å²) in [7, 11) is -0.420. The molecular formula is C13H27NO3Si. The van der Waals surface area contributed by atoms with Crippen molar-refractivity contribution in [3.8, 4) is 0 Å². The van der Waals surface area contributed by atoms with E-state index in [1.54, 1.807) is 0 Å². The van der Waals surface area contributed by atoms with Crippen molar-refractivity contribution in [1.29, 1.82) is 0 Å². The molecule has 5 heteroatoms. The molecule has 0 aliphatic carbocycles. The Morgan fingerprint density at radius 2 is 1.94 bits per heavy atom. The van der Waals surface area contributed by atoms with E-state index < -0.39 is 15.1 Å². The van der Waals surface area contributed by atoms with Crippen LogP contribution in [0.1, 0.15) is 47.5 Å². The minimum atomic E-state index is -0.449. The van der Waals surface area contributed by atoms with Crippen LogP contribution in [-0.4, -0.2) is 38.6 Å². The maximum atomic E-state index is 11.9. The van der Waals surface area contributed by atoms with Crippen LogP contribution in [0.25, 0.3) is 0 Å². The van der Waals surface area contributed by atoms with E-state index in [0.717, 1.165) is 12.8 Å². The fourth-order valence-corrected chi connectivity index (χ4v) is 3.16. The first-order valence-electron chi connectivity index (χ1n) is 6.73. The van der Waals surface area contributed by atoms with E-state index in [1.165, 1.54) is 0 Å². The maximum Gasteiger partial charge on any atom is 0.407 e. The van der Waals surface area contributed by atoms with Crippen LogP contribution in [0.5, 0.6) is 0 Å². The summed E-state index contributed by atoms with van der Waals surface area (Å²) in [5.41, 5.74) is -0.516. The van der Waals surface area contributed by atoms with Crippen molar-refractivity contribution in [2.24, 2.45) is 0 Å². The zero-order valence-electron chi connectivity index (χ0n) is 12.6. The number of carbonyl (C=O) groups is 1. The highest BCUT2D eigenvalue weighted by molar-refractivity contribution is 6.39. The van der Waals surface area contributed by atoms with E-state index >= 15 is 0 Å². The second-order valence-corrected chi connectivity index (χ2v) is 8.87. The van der Waals surface area contributed by atoms with Crippen molar-refractivity contribution >= 4 is 15.6 Å². The highest BCUT2D eigenvalue weighted by Crippen LogP contribution is 2.29. The van der Waals surface area contributed by atoms with E-state index in [2.05, 4.69) is 25.7 Å². The largest absolute Gasteiger partial charge is 0.444 e. The van der Waals surface area contributed by atoms with Crippen molar-refractivity contribution in [3.05, 3.63) is 0 Å². The van der Waals surface area contributed by atoms with Gasteiger partial charge in [0, 0.05) is 0 Å². The van der Waals surface area contributed by atoms with Crippen LogP contribution in [0.2, 0.25) is 6.55 Å². The molecule has 1 N–H and O–H groups in total. The number of amides is 1. The van der Waals surface area contributed by atoms with Crippen LogP contribution in [0.4, 0.5) is 4.79 Å². The summed E-state index contributed by atoms with van der Waals surface area (Å²) in [6.07, 6.45) is 1.64. The van der Waals surface area contributed by atoms with Gasteiger partial charge < -0.3 is 14.8 Å². The molecule has 4 nitrogen and oxygen atoms in total. The summed E-state index contributed by atoms with van der Waals surface area (Å²) in [5, 5.41) is 2.91. The van der Waals surface area contributed by atoms with Crippen LogP contribution < -0.4 is 5.32 Å². The average molecular weight is 273 g/mol. The molecule has 1 aliphatic heterocycles. The highest BCUT2D eigenvalue weighted by atomic mass is 28.2. The van der Waals surface area contributed by atoms with Gasteiger partial charge in [0.15, 0.2) is 0 Å². The average Bonchev–Trinajstić information content (AvgIpc) is 2.19. The normalized spacial score (nSPS) is 28.3. The summed E-state index contributed by atoms with van der Waals surface area (Å²) in [6.45, 7) is 12.7. The first-order chi connectivity index (χ1) is 8.08. The predicted molar refractivity (Wildman–Crippen MR) is 75.8 cm³/mol. The molecule has 0 aromatic heterocycles. The van der Waals surface area contributed by atoms with Crippen LogP contribution in [-0.2, 0) is 9.47 Å². The van der Waals surface area contributed by atoms with Gasteiger partial charge in [-0.25, -0.2) is 4.79 Å². The molecule has 1 fully saturated rings. The molecule has 106 valence electrons. The van der Waals surface area contributed by atoms with Gasteiger partial charge in [0.25, 0.3) is 0 Å². The lowest BCUT2D eigenvalue weighted by atomic mass is 9.95. The van der Waals surface area contributed by atoms with Gasteiger partial charge in [0.2, 0.25) is 0 Å². The molecule has 0 bridgehead atoms. The fourth-order valence-electron chi connectivity index (χ4n) is 2.00. The molecular weight excluding hydrogens is 246 g/mol. The van der Waals surface area contributed by atoms with Crippen molar-refractivity contribution in [1.82, 2.24) is 5.32 Å². The number of alkyl carbamates (subject to hydrolysis) is 1. The molecule has 1 rings (SSSR count). The van der Waals surface area contributed by atoms with Gasteiger partial charge in [0.05, 0.1) is 26.9 Å². The van der Waals surface area contributed by atoms with Crippen molar-refractivity contribution in [2.45, 2.75) is 70.4 Å². The summed E-state index contributed by atoms with van der Waals surface area (Å²) < 4.78 is 11.2. The fraction of sp³-hybridized carbons (Fsp3) is 0.923. The quantitative estimate of drug-likeness (QED) is 0.783. The lowest BCUT2D eigenvalue weighted by molar-refractivity contribution is -0.0761. The van der Waals surface area contributed by atoms with Crippen molar-refractivity contribution < 1.29 is 14.3 Å². The molecule has 0 aromatic rings. The van der Waals surface area contributed by atoms with Crippen LogP contribution in [0.3, 0.4) is 0 Å². The molecule has 0 saturated carbocycles. The Hall–Kier alpha value is -0.553. The zero-order valence-corrected chi connectivity index (χ0v) is 14.0. The number of hydrogen-bond donors (Lipinski definition) is 1. The minimum Gasteiger partial charge on any atom is -0.444 e. The first kappa shape index (κ1) is 15.5. The van der Waals surface area contributed by atoms with Gasteiger partial charge in [-0.2, -0.15) is 0 Å². The third kappa shape index (κ3) is 4.61. The Morgan fingerprint density at radius 1 is 1.33 bits per heavy atom. The standard InChI is InChI=1S/C13H27NO3Si/c1-11(2,3)17-10(15)14-13(18-6)8-7-12(4,5)16-9-13/h7-9,18H2,1-6H3,(H,14,15)/t13-/m1/s1. The monoisotopic (exact) mass is 273 g/mol. The molecule has 0 radical (unpaired) electrons. The SMILES string of the molecule is C[SiH2][C@]1(NC(=O)OC(C)(C)C)CCC(C)(C)OC1. The molecule has 1 aliphatic rings. The third-order valence-electron chi connectivity index (χ3n) is 3.39. The van der Waals surface area contributed by atoms with Gasteiger partial charge in [-0.1, -0.05) is 6.55 Å². The van der Waals surface area contributed by atoms with Crippen LogP contribution >= 0.6 is 0 Å². The second kappa shape index (κ2) is 5.21. The number of rotatable bonds is 2. The summed E-state index contributed by atoms with van der Waals surface area (Å²) in [4.78, 5) is 11.9. The molecule has 18 heavy (non-hydrogen) atoms. The molecule has 1 saturated heterocycles. The number of carbonyl (C=O) groups excluding carboxylic acids is 1. The predicted octanol–water partition coefficient (Wildman–Crippen LogP) is 2.01. The van der Waals surface area contributed by atoms with Gasteiger partial charge in [-0.3, -0.25) is 0 Å². The van der Waals surface area contributed by atoms with Gasteiger partial charge in [-0.05, 0) is 47.5 Å². The number of ether oxygens (including phenoxy) is 2. The Morgan fingerprint density at radius 3 is 2.33 bits per heavy atom. The van der Waals surface area contributed by atoms with Gasteiger partial charge >= 0.3 is 6.09 Å². The van der Waals surface area contributed by atoms with Crippen molar-refractivity contribution in [3.63, 3.8) is 0 Å². The van der Waals surface area contributed by atoms with Crippen LogP contribution in [0.15, 0.2) is 0 Å². The molecule has 0 aromatic carbocycles. The highest BCUT2D eigenvalue weighted by Gasteiger charge is 2.39. The summed E-state index contributed by atoms with van der Waals surface area (Å²) in [5.74, 6) is 0. The molecule has 1 atom stereocenters. The summed E-state index contributed by atoms with van der Waals surface area (Å²) >= 11 is 0.